The molecule has 0 amide bonds. The maximum atomic E-state index is 14.7. The van der Waals surface area contributed by atoms with Crippen LogP contribution in [0.1, 0.15) is 18.8 Å². The highest BCUT2D eigenvalue weighted by atomic mass is 35.5. The first-order valence-corrected chi connectivity index (χ1v) is 7.82. The van der Waals surface area contributed by atoms with Gasteiger partial charge in [-0.3, -0.25) is 9.38 Å². The molecule has 24 heavy (non-hydrogen) atoms. The fourth-order valence-electron chi connectivity index (χ4n) is 2.71. The van der Waals surface area contributed by atoms with Gasteiger partial charge in [0.2, 0.25) is 0 Å². The van der Waals surface area contributed by atoms with Crippen molar-refractivity contribution in [1.29, 1.82) is 0 Å². The Bertz CT molecular complexity index is 1050. The third-order valence-electron chi connectivity index (χ3n) is 3.90. The van der Waals surface area contributed by atoms with Gasteiger partial charge < -0.3 is 5.32 Å². The Balaban J connectivity index is 1.72. The van der Waals surface area contributed by atoms with Gasteiger partial charge in [0, 0.05) is 17.8 Å². The summed E-state index contributed by atoms with van der Waals surface area (Å²) in [6.07, 6.45) is 3.37. The van der Waals surface area contributed by atoms with Crippen LogP contribution in [0.3, 0.4) is 0 Å². The molecule has 3 heterocycles. The highest BCUT2D eigenvalue weighted by Crippen LogP contribution is 2.29. The summed E-state index contributed by atoms with van der Waals surface area (Å²) < 4.78 is 16.6. The summed E-state index contributed by atoms with van der Waals surface area (Å²) in [7, 11) is 0. The Morgan fingerprint density at radius 3 is 2.92 bits per heavy atom. The Hall–Kier alpha value is -2.73. The second-order valence-corrected chi connectivity index (χ2v) is 5.88. The van der Waals surface area contributed by atoms with Crippen LogP contribution in [0.2, 0.25) is 5.02 Å². The SMILES string of the molecule is CC(Nc1ccc2c(Cl)ccnc2c1F)c1nnc2ccccn12. The van der Waals surface area contributed by atoms with Gasteiger partial charge in [-0.05, 0) is 37.3 Å². The molecule has 0 aliphatic heterocycles. The Labute approximate surface area is 142 Å². The summed E-state index contributed by atoms with van der Waals surface area (Å²) in [6, 6.07) is 10.5. The van der Waals surface area contributed by atoms with Crippen molar-refractivity contribution in [2.75, 3.05) is 5.32 Å². The van der Waals surface area contributed by atoms with E-state index in [0.29, 0.717) is 21.9 Å². The smallest absolute Gasteiger partial charge is 0.172 e. The lowest BCUT2D eigenvalue weighted by atomic mass is 10.1. The van der Waals surface area contributed by atoms with Gasteiger partial charge >= 0.3 is 0 Å². The second kappa shape index (κ2) is 5.72. The lowest BCUT2D eigenvalue weighted by molar-refractivity contribution is 0.634. The van der Waals surface area contributed by atoms with E-state index in [4.69, 9.17) is 11.6 Å². The van der Waals surface area contributed by atoms with Crippen LogP contribution >= 0.6 is 11.6 Å². The highest BCUT2D eigenvalue weighted by Gasteiger charge is 2.16. The number of nitrogens with one attached hydrogen (secondary N) is 1. The molecule has 1 unspecified atom stereocenters. The molecule has 1 atom stereocenters. The first kappa shape index (κ1) is 14.8. The highest BCUT2D eigenvalue weighted by molar-refractivity contribution is 6.35. The first-order chi connectivity index (χ1) is 11.6. The molecule has 5 nitrogen and oxygen atoms in total. The maximum absolute atomic E-state index is 14.7. The number of aromatic nitrogens is 4. The largest absolute Gasteiger partial charge is 0.373 e. The standard InChI is InChI=1S/C17H13ClFN5/c1-10(17-23-22-14-4-2-3-9-24(14)17)21-13-6-5-11-12(18)7-8-20-16(11)15(13)19/h2-10,21H,1H3. The number of hydrogen-bond acceptors (Lipinski definition) is 4. The molecule has 0 spiro atoms. The van der Waals surface area contributed by atoms with Crippen LogP contribution < -0.4 is 5.32 Å². The molecule has 0 bridgehead atoms. The zero-order chi connectivity index (χ0) is 16.7. The van der Waals surface area contributed by atoms with Gasteiger partial charge in [-0.1, -0.05) is 17.7 Å². The van der Waals surface area contributed by atoms with Crippen molar-refractivity contribution in [3.8, 4) is 0 Å². The van der Waals surface area contributed by atoms with Crippen molar-refractivity contribution in [2.24, 2.45) is 0 Å². The van der Waals surface area contributed by atoms with E-state index in [0.717, 1.165) is 5.65 Å². The van der Waals surface area contributed by atoms with Crippen LogP contribution in [0, 0.1) is 5.82 Å². The van der Waals surface area contributed by atoms with E-state index < -0.39 is 5.82 Å². The van der Waals surface area contributed by atoms with Crippen LogP contribution in [0.4, 0.5) is 10.1 Å². The quantitative estimate of drug-likeness (QED) is 0.605. The van der Waals surface area contributed by atoms with Crippen molar-refractivity contribution < 1.29 is 4.39 Å². The summed E-state index contributed by atoms with van der Waals surface area (Å²) in [5, 5.41) is 12.5. The molecule has 1 aromatic carbocycles. The number of pyridine rings is 2. The molecule has 4 rings (SSSR count). The normalized spacial score (nSPS) is 12.6. The molecule has 1 N–H and O–H groups in total. The molecule has 7 heteroatoms. The summed E-state index contributed by atoms with van der Waals surface area (Å²) in [5.41, 5.74) is 1.33. The lowest BCUT2D eigenvalue weighted by Crippen LogP contribution is -2.12. The number of fused-ring (bicyclic) bond motifs is 2. The fourth-order valence-corrected chi connectivity index (χ4v) is 2.92. The van der Waals surface area contributed by atoms with Crippen molar-refractivity contribution in [3.05, 3.63) is 65.5 Å². The number of hydrogen-bond donors (Lipinski definition) is 1. The molecule has 0 aliphatic carbocycles. The van der Waals surface area contributed by atoms with Gasteiger partial charge in [0.25, 0.3) is 0 Å². The first-order valence-electron chi connectivity index (χ1n) is 7.44. The minimum absolute atomic E-state index is 0.241. The van der Waals surface area contributed by atoms with Crippen molar-refractivity contribution in [3.63, 3.8) is 0 Å². The third-order valence-corrected chi connectivity index (χ3v) is 4.23. The van der Waals surface area contributed by atoms with Crippen molar-refractivity contribution in [1.82, 2.24) is 19.6 Å². The van der Waals surface area contributed by atoms with Gasteiger partial charge in [0.05, 0.1) is 16.8 Å². The second-order valence-electron chi connectivity index (χ2n) is 5.47. The van der Waals surface area contributed by atoms with Crippen LogP contribution in [0.15, 0.2) is 48.8 Å². The monoisotopic (exact) mass is 341 g/mol. The summed E-state index contributed by atoms with van der Waals surface area (Å²) in [4.78, 5) is 4.09. The van der Waals surface area contributed by atoms with E-state index in [9.17, 15) is 4.39 Å². The predicted octanol–water partition coefficient (Wildman–Crippen LogP) is 4.24. The van der Waals surface area contributed by atoms with Gasteiger partial charge in [0.1, 0.15) is 5.52 Å². The zero-order valence-corrected chi connectivity index (χ0v) is 13.5. The molecule has 0 saturated heterocycles. The summed E-state index contributed by atoms with van der Waals surface area (Å²) in [5.74, 6) is 0.264. The minimum Gasteiger partial charge on any atom is -0.373 e. The number of nitrogens with zero attached hydrogens (tertiary/aromatic N) is 4. The van der Waals surface area contributed by atoms with Gasteiger partial charge in [-0.15, -0.1) is 10.2 Å². The zero-order valence-electron chi connectivity index (χ0n) is 12.7. The van der Waals surface area contributed by atoms with E-state index in [1.165, 1.54) is 6.20 Å². The lowest BCUT2D eigenvalue weighted by Gasteiger charge is -2.15. The minimum atomic E-state index is -0.435. The molecule has 0 saturated carbocycles. The van der Waals surface area contributed by atoms with Crippen molar-refractivity contribution >= 4 is 33.8 Å². The molecule has 3 aromatic heterocycles. The van der Waals surface area contributed by atoms with Crippen LogP contribution in [0.25, 0.3) is 16.6 Å². The molecule has 120 valence electrons. The Kier molecular flexibility index (Phi) is 3.54. The van der Waals surface area contributed by atoms with E-state index >= 15 is 0 Å². The number of anilines is 1. The van der Waals surface area contributed by atoms with Crippen LogP contribution in [0.5, 0.6) is 0 Å². The summed E-state index contributed by atoms with van der Waals surface area (Å²) in [6.45, 7) is 1.90. The van der Waals surface area contributed by atoms with E-state index in [-0.39, 0.29) is 11.6 Å². The molecule has 4 aromatic rings. The van der Waals surface area contributed by atoms with Crippen molar-refractivity contribution in [2.45, 2.75) is 13.0 Å². The Morgan fingerprint density at radius 2 is 2.04 bits per heavy atom. The number of halogens is 2. The topological polar surface area (TPSA) is 55.1 Å². The average molecular weight is 342 g/mol. The Morgan fingerprint density at radius 1 is 1.17 bits per heavy atom. The average Bonchev–Trinajstić information content (AvgIpc) is 3.02. The van der Waals surface area contributed by atoms with E-state index in [2.05, 4.69) is 20.5 Å². The van der Waals surface area contributed by atoms with E-state index in [1.807, 2.05) is 35.7 Å². The molecule has 0 aliphatic rings. The van der Waals surface area contributed by atoms with Crippen LogP contribution in [-0.4, -0.2) is 19.6 Å². The molecular formula is C17H13ClFN5. The maximum Gasteiger partial charge on any atom is 0.172 e. The molecule has 0 fully saturated rings. The number of rotatable bonds is 3. The predicted molar refractivity (Wildman–Crippen MR) is 91.7 cm³/mol. The van der Waals surface area contributed by atoms with Gasteiger partial charge in [-0.2, -0.15) is 0 Å². The van der Waals surface area contributed by atoms with Crippen LogP contribution in [-0.2, 0) is 0 Å². The van der Waals surface area contributed by atoms with Gasteiger partial charge in [0.15, 0.2) is 17.3 Å². The third kappa shape index (κ3) is 2.35. The van der Waals surface area contributed by atoms with Gasteiger partial charge in [-0.25, -0.2) is 4.39 Å². The number of benzene rings is 1. The molecular weight excluding hydrogens is 329 g/mol. The van der Waals surface area contributed by atoms with E-state index in [1.54, 1.807) is 18.2 Å². The summed E-state index contributed by atoms with van der Waals surface area (Å²) >= 11 is 6.08. The fraction of sp³-hybridized carbons (Fsp3) is 0.118. The molecule has 0 radical (unpaired) electrons.